The molecule has 0 aliphatic heterocycles. The summed E-state index contributed by atoms with van der Waals surface area (Å²) in [5, 5.41) is 7.18. The fourth-order valence-electron chi connectivity index (χ4n) is 1.45. The SMILES string of the molecule is Cn1cc(N)c(C(=O)Nc2ccc(Br)c(Cl)c2)n1. The second-order valence-corrected chi connectivity index (χ2v) is 4.95. The Hall–Kier alpha value is -1.53. The van der Waals surface area contributed by atoms with Crippen LogP contribution in [0.1, 0.15) is 10.5 Å². The van der Waals surface area contributed by atoms with Crippen LogP contribution in [0.15, 0.2) is 28.9 Å². The van der Waals surface area contributed by atoms with Gasteiger partial charge in [0.25, 0.3) is 5.91 Å². The average molecular weight is 330 g/mol. The van der Waals surface area contributed by atoms with E-state index in [9.17, 15) is 4.79 Å². The van der Waals surface area contributed by atoms with Crippen LogP contribution < -0.4 is 11.1 Å². The molecule has 1 heterocycles. The Kier molecular flexibility index (Phi) is 3.58. The molecule has 2 rings (SSSR count). The summed E-state index contributed by atoms with van der Waals surface area (Å²) in [5.41, 5.74) is 6.78. The molecule has 1 aromatic heterocycles. The maximum absolute atomic E-state index is 11.9. The summed E-state index contributed by atoms with van der Waals surface area (Å²) in [5.74, 6) is -0.369. The van der Waals surface area contributed by atoms with Crippen LogP contribution >= 0.6 is 27.5 Å². The van der Waals surface area contributed by atoms with E-state index in [0.717, 1.165) is 4.47 Å². The van der Waals surface area contributed by atoms with Crippen molar-refractivity contribution in [3.8, 4) is 0 Å². The van der Waals surface area contributed by atoms with Crippen LogP contribution in [0.5, 0.6) is 0 Å². The molecule has 1 amide bonds. The molecule has 18 heavy (non-hydrogen) atoms. The highest BCUT2D eigenvalue weighted by atomic mass is 79.9. The number of aromatic nitrogens is 2. The molecule has 0 bridgehead atoms. The number of halogens is 2. The molecule has 0 radical (unpaired) electrons. The zero-order chi connectivity index (χ0) is 13.3. The highest BCUT2D eigenvalue weighted by Gasteiger charge is 2.14. The van der Waals surface area contributed by atoms with Crippen LogP contribution in [-0.4, -0.2) is 15.7 Å². The lowest BCUT2D eigenvalue weighted by atomic mass is 10.3. The number of aryl methyl sites for hydroxylation is 1. The fraction of sp³-hybridized carbons (Fsp3) is 0.0909. The molecule has 0 saturated heterocycles. The predicted octanol–water partition coefficient (Wildman–Crippen LogP) is 2.67. The molecule has 0 aliphatic rings. The number of benzene rings is 1. The van der Waals surface area contributed by atoms with Crippen molar-refractivity contribution in [3.05, 3.63) is 39.6 Å². The van der Waals surface area contributed by atoms with Gasteiger partial charge in [0.15, 0.2) is 5.69 Å². The summed E-state index contributed by atoms with van der Waals surface area (Å²) in [6, 6.07) is 5.12. The number of hydrogen-bond donors (Lipinski definition) is 2. The molecule has 0 fully saturated rings. The molecule has 5 nitrogen and oxygen atoms in total. The van der Waals surface area contributed by atoms with Crippen molar-refractivity contribution in [2.75, 3.05) is 11.1 Å². The maximum atomic E-state index is 11.9. The zero-order valence-corrected chi connectivity index (χ0v) is 11.8. The quantitative estimate of drug-likeness (QED) is 0.889. The van der Waals surface area contributed by atoms with Gasteiger partial charge in [-0.15, -0.1) is 0 Å². The van der Waals surface area contributed by atoms with Crippen LogP contribution in [0.2, 0.25) is 5.02 Å². The third kappa shape index (κ3) is 2.65. The number of nitrogen functional groups attached to an aromatic ring is 1. The molecule has 0 aliphatic carbocycles. The Morgan fingerprint density at radius 2 is 2.28 bits per heavy atom. The van der Waals surface area contributed by atoms with Crippen molar-refractivity contribution in [2.24, 2.45) is 7.05 Å². The lowest BCUT2D eigenvalue weighted by Gasteiger charge is -2.05. The van der Waals surface area contributed by atoms with Crippen molar-refractivity contribution in [1.82, 2.24) is 9.78 Å². The first kappa shape index (κ1) is 12.9. The summed E-state index contributed by atoms with van der Waals surface area (Å²) in [6.45, 7) is 0. The van der Waals surface area contributed by atoms with Crippen molar-refractivity contribution in [1.29, 1.82) is 0 Å². The second-order valence-electron chi connectivity index (χ2n) is 3.69. The summed E-state index contributed by atoms with van der Waals surface area (Å²) in [6.07, 6.45) is 1.57. The summed E-state index contributed by atoms with van der Waals surface area (Å²) >= 11 is 9.21. The van der Waals surface area contributed by atoms with E-state index in [0.29, 0.717) is 16.4 Å². The highest BCUT2D eigenvalue weighted by Crippen LogP contribution is 2.25. The standard InChI is InChI=1S/C11H10BrClN4O/c1-17-5-9(14)10(16-17)11(18)15-6-2-3-7(12)8(13)4-6/h2-5H,14H2,1H3,(H,15,18). The van der Waals surface area contributed by atoms with Crippen molar-refractivity contribution >= 4 is 44.8 Å². The summed E-state index contributed by atoms with van der Waals surface area (Å²) in [7, 11) is 1.70. The largest absolute Gasteiger partial charge is 0.396 e. The van der Waals surface area contributed by atoms with E-state index < -0.39 is 0 Å². The van der Waals surface area contributed by atoms with Crippen LogP contribution in [0.25, 0.3) is 0 Å². The van der Waals surface area contributed by atoms with Gasteiger partial charge in [-0.1, -0.05) is 11.6 Å². The van der Waals surface area contributed by atoms with Gasteiger partial charge in [0.05, 0.1) is 10.7 Å². The van der Waals surface area contributed by atoms with Crippen LogP contribution in [-0.2, 0) is 7.05 Å². The maximum Gasteiger partial charge on any atom is 0.278 e. The smallest absolute Gasteiger partial charge is 0.278 e. The van der Waals surface area contributed by atoms with Crippen molar-refractivity contribution in [2.45, 2.75) is 0 Å². The first-order valence-corrected chi connectivity index (χ1v) is 6.20. The van der Waals surface area contributed by atoms with Gasteiger partial charge in [0.1, 0.15) is 0 Å². The minimum Gasteiger partial charge on any atom is -0.396 e. The zero-order valence-electron chi connectivity index (χ0n) is 9.45. The molecule has 1 aromatic carbocycles. The molecular formula is C11H10BrClN4O. The molecule has 0 unspecified atom stereocenters. The number of carbonyl (C=O) groups excluding carboxylic acids is 1. The van der Waals surface area contributed by atoms with E-state index in [-0.39, 0.29) is 11.6 Å². The number of amides is 1. The number of hydrogen-bond acceptors (Lipinski definition) is 3. The Morgan fingerprint density at radius 1 is 1.56 bits per heavy atom. The van der Waals surface area contributed by atoms with E-state index in [2.05, 4.69) is 26.3 Å². The van der Waals surface area contributed by atoms with Gasteiger partial charge in [-0.05, 0) is 34.1 Å². The monoisotopic (exact) mass is 328 g/mol. The van der Waals surface area contributed by atoms with Crippen LogP contribution in [0.3, 0.4) is 0 Å². The van der Waals surface area contributed by atoms with Gasteiger partial charge < -0.3 is 11.1 Å². The van der Waals surface area contributed by atoms with Gasteiger partial charge in [-0.3, -0.25) is 9.48 Å². The van der Waals surface area contributed by atoms with Gasteiger partial charge in [-0.2, -0.15) is 5.10 Å². The Labute approximate surface area is 117 Å². The average Bonchev–Trinajstić information content (AvgIpc) is 2.63. The van der Waals surface area contributed by atoms with Gasteiger partial charge >= 0.3 is 0 Å². The number of nitrogens with two attached hydrogens (primary N) is 1. The number of nitrogens with zero attached hydrogens (tertiary/aromatic N) is 2. The molecule has 0 saturated carbocycles. The highest BCUT2D eigenvalue weighted by molar-refractivity contribution is 9.10. The van der Waals surface area contributed by atoms with E-state index in [1.165, 1.54) is 4.68 Å². The lowest BCUT2D eigenvalue weighted by Crippen LogP contribution is -2.14. The Balaban J connectivity index is 2.21. The molecular weight excluding hydrogens is 320 g/mol. The minimum absolute atomic E-state index is 0.191. The van der Waals surface area contributed by atoms with Gasteiger partial charge in [-0.25, -0.2) is 0 Å². The first-order chi connectivity index (χ1) is 8.47. The predicted molar refractivity (Wildman–Crippen MR) is 74.7 cm³/mol. The van der Waals surface area contributed by atoms with Gasteiger partial charge in [0, 0.05) is 23.4 Å². The van der Waals surface area contributed by atoms with Crippen LogP contribution in [0.4, 0.5) is 11.4 Å². The number of anilines is 2. The van der Waals surface area contributed by atoms with E-state index in [1.54, 1.807) is 31.4 Å². The molecule has 0 spiro atoms. The molecule has 7 heteroatoms. The topological polar surface area (TPSA) is 72.9 Å². The van der Waals surface area contributed by atoms with E-state index in [1.807, 2.05) is 0 Å². The summed E-state index contributed by atoms with van der Waals surface area (Å²) in [4.78, 5) is 11.9. The van der Waals surface area contributed by atoms with Gasteiger partial charge in [0.2, 0.25) is 0 Å². The third-order valence-electron chi connectivity index (χ3n) is 2.25. The first-order valence-electron chi connectivity index (χ1n) is 5.03. The van der Waals surface area contributed by atoms with Crippen molar-refractivity contribution in [3.63, 3.8) is 0 Å². The normalized spacial score (nSPS) is 10.4. The second kappa shape index (κ2) is 4.99. The van der Waals surface area contributed by atoms with Crippen LogP contribution in [0, 0.1) is 0 Å². The number of nitrogens with one attached hydrogen (secondary N) is 1. The van der Waals surface area contributed by atoms with E-state index >= 15 is 0 Å². The lowest BCUT2D eigenvalue weighted by molar-refractivity contribution is 0.102. The molecule has 0 atom stereocenters. The molecule has 2 aromatic rings. The Bertz CT molecular complexity index is 611. The molecule has 94 valence electrons. The minimum atomic E-state index is -0.369. The fourth-order valence-corrected chi connectivity index (χ4v) is 1.87. The number of rotatable bonds is 2. The number of carbonyl (C=O) groups is 1. The van der Waals surface area contributed by atoms with E-state index in [4.69, 9.17) is 17.3 Å². The third-order valence-corrected chi connectivity index (χ3v) is 3.48. The summed E-state index contributed by atoms with van der Waals surface area (Å²) < 4.78 is 2.25. The Morgan fingerprint density at radius 3 is 2.83 bits per heavy atom. The van der Waals surface area contributed by atoms with Crippen molar-refractivity contribution < 1.29 is 4.79 Å². The molecule has 3 N–H and O–H groups in total.